The Morgan fingerprint density at radius 1 is 0.615 bits per heavy atom. The molecule has 0 spiro atoms. The summed E-state index contributed by atoms with van der Waals surface area (Å²) < 4.78 is 2.23. The molecule has 2 aliphatic carbocycles. The molecule has 6 aromatic carbocycles. The molecule has 8 rings (SSSR count). The molecule has 2 aliphatic rings. The third-order valence-electron chi connectivity index (χ3n) is 9.39. The van der Waals surface area contributed by atoms with Crippen LogP contribution in [-0.2, 0) is 41.5 Å². The van der Waals surface area contributed by atoms with Gasteiger partial charge in [-0.25, -0.2) is 12.2 Å². The second-order valence-corrected chi connectivity index (χ2v) is 15.8. The van der Waals surface area contributed by atoms with E-state index < -0.39 is 0 Å². The topological polar surface area (TPSA) is 0 Å². The van der Waals surface area contributed by atoms with Crippen molar-refractivity contribution in [2.45, 2.75) is 65.2 Å². The molecule has 0 atom stereocenters. The number of rotatable bonds is 3. The maximum atomic E-state index is 3.88. The van der Waals surface area contributed by atoms with E-state index in [1.165, 1.54) is 96.2 Å². The minimum absolute atomic E-state index is 0. The summed E-state index contributed by atoms with van der Waals surface area (Å²) in [7, 11) is 0. The number of allylic oxidation sites excluding steroid dienone is 4. The quantitative estimate of drug-likeness (QED) is 0.172. The first kappa shape index (κ1) is 41.2. The van der Waals surface area contributed by atoms with Crippen molar-refractivity contribution in [2.24, 2.45) is 0 Å². The Morgan fingerprint density at radius 3 is 1.79 bits per heavy atom. The first-order chi connectivity index (χ1) is 24.0. The molecule has 0 heterocycles. The standard InChI is InChI=1S/C33H33.C11H8.C5H5.2ClH.Zr/c1-32(2,3)30-20-26-24(18-28(30)22-13-9-7-10-14-22)17-25-19-29(23-15-11-8-12-16-23)31(21-27(25)26)33(4,5)6;1-9-5-4-7-10-6-2-3-8-11(9)10;1-2-4-5-3-1;;;/h7-16,18,20-21H,17H2,1-6H3;1-8H;1-3H,4H2;2*1H;/q-1;;-1;;;+2/p-2. The van der Waals surface area contributed by atoms with Gasteiger partial charge in [-0.15, -0.1) is 35.2 Å². The molecule has 3 heteroatoms. The SMILES string of the molecule is CC(C)(C)c1cc2c([c-]c1-c1ccccc1)Cc1cc(-c3ccccc3)c(C(C)(C)C)cc1-2.[C-]1=CC=CC1.[Cl-].[Cl-].[Zr+2]=[CH]c1cccc2ccccc12. The van der Waals surface area contributed by atoms with E-state index in [4.69, 9.17) is 0 Å². The second-order valence-electron chi connectivity index (χ2n) is 15.1. The van der Waals surface area contributed by atoms with Crippen LogP contribution in [0, 0.1) is 12.1 Å². The average molecular weight is 797 g/mol. The van der Waals surface area contributed by atoms with Crippen LogP contribution in [0.1, 0.15) is 75.8 Å². The summed E-state index contributed by atoms with van der Waals surface area (Å²) in [6, 6.07) is 47.7. The van der Waals surface area contributed by atoms with Crippen molar-refractivity contribution in [3.63, 3.8) is 0 Å². The van der Waals surface area contributed by atoms with Crippen molar-refractivity contribution in [1.29, 1.82) is 0 Å². The molecule has 0 bridgehead atoms. The number of hydrogen-bond donors (Lipinski definition) is 0. The van der Waals surface area contributed by atoms with Crippen LogP contribution in [-0.4, -0.2) is 3.71 Å². The van der Waals surface area contributed by atoms with Gasteiger partial charge < -0.3 is 24.8 Å². The van der Waals surface area contributed by atoms with Crippen LogP contribution in [0.2, 0.25) is 0 Å². The molecular formula is C49H46Cl2Zr-2. The molecule has 0 aromatic heterocycles. The van der Waals surface area contributed by atoms with Crippen LogP contribution in [0.5, 0.6) is 0 Å². The van der Waals surface area contributed by atoms with Crippen LogP contribution < -0.4 is 24.8 Å². The fourth-order valence-electron chi connectivity index (χ4n) is 6.82. The van der Waals surface area contributed by atoms with Crippen LogP contribution in [0.4, 0.5) is 0 Å². The van der Waals surface area contributed by atoms with E-state index in [0.717, 1.165) is 12.8 Å². The molecule has 0 aliphatic heterocycles. The summed E-state index contributed by atoms with van der Waals surface area (Å²) in [6.07, 6.45) is 10.9. The molecule has 52 heavy (non-hydrogen) atoms. The summed E-state index contributed by atoms with van der Waals surface area (Å²) in [5, 5.41) is 2.69. The van der Waals surface area contributed by atoms with Crippen molar-refractivity contribution in [3.05, 3.63) is 180 Å². The van der Waals surface area contributed by atoms with Crippen LogP contribution in [0.15, 0.2) is 140 Å². The van der Waals surface area contributed by atoms with Crippen LogP contribution in [0.3, 0.4) is 0 Å². The molecule has 0 amide bonds. The van der Waals surface area contributed by atoms with Gasteiger partial charge in [-0.2, -0.15) is 6.08 Å². The van der Waals surface area contributed by atoms with E-state index >= 15 is 0 Å². The molecule has 0 N–H and O–H groups in total. The summed E-state index contributed by atoms with van der Waals surface area (Å²) in [6.45, 7) is 13.9. The van der Waals surface area contributed by atoms with E-state index in [-0.39, 0.29) is 35.6 Å². The predicted octanol–water partition coefficient (Wildman–Crippen LogP) is 6.84. The van der Waals surface area contributed by atoms with E-state index in [9.17, 15) is 0 Å². The van der Waals surface area contributed by atoms with Gasteiger partial charge in [-0.05, 0) is 39.5 Å². The van der Waals surface area contributed by atoms with E-state index in [0.29, 0.717) is 0 Å². The first-order valence-electron chi connectivity index (χ1n) is 17.6. The van der Waals surface area contributed by atoms with Crippen molar-refractivity contribution in [3.8, 4) is 33.4 Å². The maximum absolute atomic E-state index is 3.88. The second kappa shape index (κ2) is 17.9. The number of benzene rings is 6. The Hall–Kier alpha value is -3.61. The Balaban J connectivity index is 0.000000262. The fraction of sp³-hybridized carbons (Fsp3) is 0.204. The molecule has 6 aromatic rings. The van der Waals surface area contributed by atoms with Crippen molar-refractivity contribution < 1.29 is 49.0 Å². The molecular weight excluding hydrogens is 751 g/mol. The van der Waals surface area contributed by atoms with Gasteiger partial charge in [-0.1, -0.05) is 131 Å². The van der Waals surface area contributed by atoms with Gasteiger partial charge in [-0.3, -0.25) is 6.08 Å². The molecule has 0 radical (unpaired) electrons. The van der Waals surface area contributed by atoms with E-state index in [2.05, 4.69) is 185 Å². The average Bonchev–Trinajstić information content (AvgIpc) is 3.82. The van der Waals surface area contributed by atoms with Crippen molar-refractivity contribution in [2.75, 3.05) is 0 Å². The zero-order valence-corrected chi connectivity index (χ0v) is 35.0. The van der Waals surface area contributed by atoms with Gasteiger partial charge >= 0.3 is 86.7 Å². The van der Waals surface area contributed by atoms with Crippen molar-refractivity contribution in [1.82, 2.24) is 0 Å². The predicted molar refractivity (Wildman–Crippen MR) is 212 cm³/mol. The van der Waals surface area contributed by atoms with Crippen molar-refractivity contribution >= 4 is 14.5 Å². The van der Waals surface area contributed by atoms with Gasteiger partial charge in [0.25, 0.3) is 0 Å². The zero-order chi connectivity index (χ0) is 35.3. The Bertz CT molecular complexity index is 2060. The summed E-state index contributed by atoms with van der Waals surface area (Å²) in [5.41, 5.74) is 14.9. The minimum atomic E-state index is 0. The first-order valence-corrected chi connectivity index (χ1v) is 19.0. The van der Waals surface area contributed by atoms with E-state index in [1.54, 1.807) is 0 Å². The molecule has 0 unspecified atom stereocenters. The fourth-order valence-corrected chi connectivity index (χ4v) is 7.44. The molecule has 0 fully saturated rings. The van der Waals surface area contributed by atoms with Crippen LogP contribution in [0.25, 0.3) is 44.2 Å². The molecule has 0 nitrogen and oxygen atoms in total. The molecule has 262 valence electrons. The van der Waals surface area contributed by atoms with Gasteiger partial charge in [0, 0.05) is 0 Å². The third-order valence-corrected chi connectivity index (χ3v) is 10.2. The summed E-state index contributed by atoms with van der Waals surface area (Å²) in [4.78, 5) is 0. The Kier molecular flexibility index (Phi) is 14.2. The number of halogens is 2. The monoisotopic (exact) mass is 794 g/mol. The van der Waals surface area contributed by atoms with Gasteiger partial charge in [0.15, 0.2) is 0 Å². The Labute approximate surface area is 339 Å². The zero-order valence-electron chi connectivity index (χ0n) is 31.0. The summed E-state index contributed by atoms with van der Waals surface area (Å²) >= 11 is 1.46. The molecule has 0 saturated heterocycles. The van der Waals surface area contributed by atoms with Gasteiger partial charge in [0.2, 0.25) is 0 Å². The van der Waals surface area contributed by atoms with Gasteiger partial charge in [0.1, 0.15) is 0 Å². The normalized spacial score (nSPS) is 12.3. The third kappa shape index (κ3) is 9.48. The summed E-state index contributed by atoms with van der Waals surface area (Å²) in [5.74, 6) is 0. The Morgan fingerprint density at radius 2 is 1.21 bits per heavy atom. The molecule has 0 saturated carbocycles. The number of fused-ring (bicyclic) bond motifs is 4. The van der Waals surface area contributed by atoms with Crippen LogP contribution >= 0.6 is 0 Å². The van der Waals surface area contributed by atoms with Gasteiger partial charge in [0.05, 0.1) is 0 Å². The number of hydrogen-bond acceptors (Lipinski definition) is 0. The van der Waals surface area contributed by atoms with E-state index in [1.807, 2.05) is 12.2 Å².